The summed E-state index contributed by atoms with van der Waals surface area (Å²) in [5, 5.41) is 3.69. The summed E-state index contributed by atoms with van der Waals surface area (Å²) in [7, 11) is 0. The lowest BCUT2D eigenvalue weighted by molar-refractivity contribution is 0.476. The van der Waals surface area contributed by atoms with E-state index in [0.717, 1.165) is 39.9 Å². The van der Waals surface area contributed by atoms with Crippen LogP contribution in [-0.4, -0.2) is 9.13 Å². The van der Waals surface area contributed by atoms with E-state index in [2.05, 4.69) is 168 Å². The maximum Gasteiger partial charge on any atom is 0.151 e. The SMILES string of the molecule is Cc1ccc2c(c1)Oc1cc(C)ccc1N2c1cccc(-n2c3ccccc3c3cc4c(ccn4-c4ccccc4)cc32)c1. The van der Waals surface area contributed by atoms with Gasteiger partial charge in [0.05, 0.1) is 27.9 Å². The highest BCUT2D eigenvalue weighted by Crippen LogP contribution is 2.51. The van der Waals surface area contributed by atoms with E-state index in [-0.39, 0.29) is 0 Å². The van der Waals surface area contributed by atoms with Gasteiger partial charge in [0.15, 0.2) is 11.5 Å². The lowest BCUT2D eigenvalue weighted by atomic mass is 10.1. The Morgan fingerprint density at radius 2 is 1.16 bits per heavy atom. The second kappa shape index (κ2) is 9.38. The molecule has 6 aromatic carbocycles. The molecule has 0 saturated carbocycles. The number of nitrogens with zero attached hydrogens (tertiary/aromatic N) is 3. The molecular weight excluding hydrogens is 538 g/mol. The molecule has 9 rings (SSSR count). The summed E-state index contributed by atoms with van der Waals surface area (Å²) in [5.74, 6) is 1.74. The fourth-order valence-electron chi connectivity index (χ4n) is 6.76. The summed E-state index contributed by atoms with van der Waals surface area (Å²) in [6, 6.07) is 47.9. The van der Waals surface area contributed by atoms with E-state index in [4.69, 9.17) is 4.74 Å². The van der Waals surface area contributed by atoms with E-state index >= 15 is 0 Å². The zero-order chi connectivity index (χ0) is 29.4. The van der Waals surface area contributed by atoms with E-state index in [1.165, 1.54) is 43.8 Å². The molecule has 0 N–H and O–H groups in total. The molecule has 210 valence electrons. The van der Waals surface area contributed by atoms with E-state index in [0.29, 0.717) is 0 Å². The van der Waals surface area contributed by atoms with Gasteiger partial charge >= 0.3 is 0 Å². The van der Waals surface area contributed by atoms with Gasteiger partial charge in [0.1, 0.15) is 0 Å². The van der Waals surface area contributed by atoms with Crippen LogP contribution in [-0.2, 0) is 0 Å². The fourth-order valence-corrected chi connectivity index (χ4v) is 6.76. The highest BCUT2D eigenvalue weighted by Gasteiger charge is 2.26. The monoisotopic (exact) mass is 567 g/mol. The van der Waals surface area contributed by atoms with Crippen molar-refractivity contribution >= 4 is 49.8 Å². The Morgan fingerprint density at radius 1 is 0.477 bits per heavy atom. The zero-order valence-electron chi connectivity index (χ0n) is 24.5. The van der Waals surface area contributed by atoms with Crippen molar-refractivity contribution in [3.8, 4) is 22.9 Å². The number of anilines is 3. The van der Waals surface area contributed by atoms with Gasteiger partial charge in [-0.15, -0.1) is 0 Å². The second-order valence-electron chi connectivity index (χ2n) is 11.7. The minimum Gasteiger partial charge on any atom is -0.453 e. The van der Waals surface area contributed by atoms with Gasteiger partial charge in [-0.05, 0) is 104 Å². The molecule has 0 bridgehead atoms. The first-order chi connectivity index (χ1) is 21.6. The van der Waals surface area contributed by atoms with Crippen LogP contribution in [0.1, 0.15) is 11.1 Å². The summed E-state index contributed by atoms with van der Waals surface area (Å²) in [5.41, 5.74) is 11.4. The smallest absolute Gasteiger partial charge is 0.151 e. The first kappa shape index (κ1) is 24.8. The van der Waals surface area contributed by atoms with E-state index in [1.807, 2.05) is 0 Å². The molecule has 44 heavy (non-hydrogen) atoms. The second-order valence-corrected chi connectivity index (χ2v) is 11.7. The largest absolute Gasteiger partial charge is 0.453 e. The third-order valence-corrected chi connectivity index (χ3v) is 8.80. The maximum absolute atomic E-state index is 6.43. The third kappa shape index (κ3) is 3.71. The van der Waals surface area contributed by atoms with Crippen LogP contribution in [0.2, 0.25) is 0 Å². The number of hydrogen-bond acceptors (Lipinski definition) is 2. The minimum absolute atomic E-state index is 0.871. The molecular formula is C40H29N3O. The molecule has 3 heterocycles. The molecule has 0 radical (unpaired) electrons. The van der Waals surface area contributed by atoms with Crippen LogP contribution in [0.4, 0.5) is 17.1 Å². The van der Waals surface area contributed by atoms with Gasteiger partial charge in [-0.25, -0.2) is 0 Å². The molecule has 2 aromatic heterocycles. The van der Waals surface area contributed by atoms with Crippen molar-refractivity contribution in [2.45, 2.75) is 13.8 Å². The Labute approximate surface area is 255 Å². The highest BCUT2D eigenvalue weighted by molar-refractivity contribution is 6.13. The normalized spacial score (nSPS) is 12.5. The molecule has 4 heteroatoms. The molecule has 1 aliphatic heterocycles. The predicted molar refractivity (Wildman–Crippen MR) is 182 cm³/mol. The number of para-hydroxylation sites is 2. The predicted octanol–water partition coefficient (Wildman–Crippen LogP) is 10.9. The van der Waals surface area contributed by atoms with E-state index in [9.17, 15) is 0 Å². The van der Waals surface area contributed by atoms with Crippen LogP contribution >= 0.6 is 0 Å². The number of ether oxygens (including phenoxy) is 1. The van der Waals surface area contributed by atoms with Gasteiger partial charge in [-0.1, -0.05) is 54.6 Å². The van der Waals surface area contributed by atoms with Crippen molar-refractivity contribution in [1.82, 2.24) is 9.13 Å². The fraction of sp³-hybridized carbons (Fsp3) is 0.0500. The van der Waals surface area contributed by atoms with Crippen molar-refractivity contribution in [2.24, 2.45) is 0 Å². The minimum atomic E-state index is 0.871. The van der Waals surface area contributed by atoms with Crippen molar-refractivity contribution in [3.63, 3.8) is 0 Å². The number of hydrogen-bond donors (Lipinski definition) is 0. The number of aryl methyl sites for hydroxylation is 2. The molecule has 0 amide bonds. The molecule has 0 spiro atoms. The number of aromatic nitrogens is 2. The van der Waals surface area contributed by atoms with Crippen molar-refractivity contribution in [1.29, 1.82) is 0 Å². The van der Waals surface area contributed by atoms with Gasteiger partial charge < -0.3 is 18.8 Å². The molecule has 4 nitrogen and oxygen atoms in total. The van der Waals surface area contributed by atoms with E-state index < -0.39 is 0 Å². The zero-order valence-corrected chi connectivity index (χ0v) is 24.5. The molecule has 1 aliphatic rings. The van der Waals surface area contributed by atoms with Crippen LogP contribution in [0, 0.1) is 13.8 Å². The van der Waals surface area contributed by atoms with Gasteiger partial charge in [-0.2, -0.15) is 0 Å². The Balaban J connectivity index is 1.27. The molecule has 0 saturated heterocycles. The Hall–Kier alpha value is -5.74. The van der Waals surface area contributed by atoms with Gasteiger partial charge in [0.2, 0.25) is 0 Å². The Kier molecular flexibility index (Phi) is 5.29. The standard InChI is InChI=1S/C40H29N3O/c1-26-15-17-35-39(21-26)44-40-22-27(2)16-18-36(40)43(35)31-12-8-11-30(24-31)42-34-14-7-6-13-32(34)33-25-37-28(23-38(33)42)19-20-41(37)29-9-4-3-5-10-29/h3-25H,1-2H3. The van der Waals surface area contributed by atoms with Crippen molar-refractivity contribution < 1.29 is 4.74 Å². The summed E-state index contributed by atoms with van der Waals surface area (Å²) >= 11 is 0. The average Bonchev–Trinajstić information content (AvgIpc) is 3.61. The molecule has 0 fully saturated rings. The molecule has 0 atom stereocenters. The number of fused-ring (bicyclic) bond motifs is 6. The lowest BCUT2D eigenvalue weighted by Gasteiger charge is -2.33. The first-order valence-corrected chi connectivity index (χ1v) is 15.0. The van der Waals surface area contributed by atoms with Gasteiger partial charge in [0, 0.05) is 39.4 Å². The van der Waals surface area contributed by atoms with Crippen molar-refractivity contribution in [2.75, 3.05) is 4.90 Å². The third-order valence-electron chi connectivity index (χ3n) is 8.80. The van der Waals surface area contributed by atoms with Crippen LogP contribution in [0.5, 0.6) is 11.5 Å². The Morgan fingerprint density at radius 3 is 1.93 bits per heavy atom. The first-order valence-electron chi connectivity index (χ1n) is 15.0. The summed E-state index contributed by atoms with van der Waals surface area (Å²) in [4.78, 5) is 2.32. The van der Waals surface area contributed by atoms with Crippen molar-refractivity contribution in [3.05, 3.63) is 151 Å². The molecule has 8 aromatic rings. The number of rotatable bonds is 3. The Bertz CT molecular complexity index is 2340. The lowest BCUT2D eigenvalue weighted by Crippen LogP contribution is -2.16. The molecule has 0 aliphatic carbocycles. The van der Waals surface area contributed by atoms with Gasteiger partial charge in [-0.3, -0.25) is 0 Å². The highest BCUT2D eigenvalue weighted by atomic mass is 16.5. The number of benzene rings is 6. The topological polar surface area (TPSA) is 22.3 Å². The van der Waals surface area contributed by atoms with E-state index in [1.54, 1.807) is 0 Å². The summed E-state index contributed by atoms with van der Waals surface area (Å²) in [6.07, 6.45) is 2.17. The quantitative estimate of drug-likeness (QED) is 0.212. The van der Waals surface area contributed by atoms with Crippen LogP contribution < -0.4 is 9.64 Å². The maximum atomic E-state index is 6.43. The van der Waals surface area contributed by atoms with Gasteiger partial charge in [0.25, 0.3) is 0 Å². The van der Waals surface area contributed by atoms with Crippen LogP contribution in [0.25, 0.3) is 44.1 Å². The summed E-state index contributed by atoms with van der Waals surface area (Å²) in [6.45, 7) is 4.21. The average molecular weight is 568 g/mol. The van der Waals surface area contributed by atoms with Crippen LogP contribution in [0.3, 0.4) is 0 Å². The van der Waals surface area contributed by atoms with Crippen LogP contribution in [0.15, 0.2) is 140 Å². The molecule has 0 unspecified atom stereocenters. The summed E-state index contributed by atoms with van der Waals surface area (Å²) < 4.78 is 11.1.